The first-order valence-corrected chi connectivity index (χ1v) is 2.93. The van der Waals surface area contributed by atoms with Crippen LogP contribution < -0.4 is 29.6 Å². The summed E-state index contributed by atoms with van der Waals surface area (Å²) >= 11 is 4.87. The van der Waals surface area contributed by atoms with Crippen LogP contribution in [-0.2, 0) is 12.6 Å². The van der Waals surface area contributed by atoms with Gasteiger partial charge in [-0.3, -0.25) is 0 Å². The first-order chi connectivity index (χ1) is 3.79. The molecule has 0 radical (unpaired) electrons. The molecule has 0 aromatic heterocycles. The second kappa shape index (κ2) is 4.29. The van der Waals surface area contributed by atoms with Crippen molar-refractivity contribution in [3.05, 3.63) is 29.8 Å². The maximum atomic E-state index is 4.87. The summed E-state index contributed by atoms with van der Waals surface area (Å²) in [5.74, 6) is 0. The topological polar surface area (TPSA) is 0 Å². The monoisotopic (exact) mass is 146 g/mol. The molecule has 1 rings (SSSR count). The number of benzene rings is 1. The zero-order valence-corrected chi connectivity index (χ0v) is 8.53. The molecule has 0 amide bonds. The van der Waals surface area contributed by atoms with Crippen LogP contribution in [0.3, 0.4) is 0 Å². The maximum absolute atomic E-state index is 4.87. The molecule has 0 aliphatic carbocycles. The van der Waals surface area contributed by atoms with Crippen molar-refractivity contribution in [2.24, 2.45) is 0 Å². The third-order valence-electron chi connectivity index (χ3n) is 1.02. The van der Waals surface area contributed by atoms with Crippen LogP contribution in [0.1, 0.15) is 5.56 Å². The Morgan fingerprint density at radius 2 is 1.56 bits per heavy atom. The zero-order chi connectivity index (χ0) is 5.98. The summed E-state index contributed by atoms with van der Waals surface area (Å²) < 4.78 is 0. The van der Waals surface area contributed by atoms with Gasteiger partial charge in [-0.15, -0.1) is 0 Å². The van der Waals surface area contributed by atoms with Crippen molar-refractivity contribution in [2.45, 2.75) is 11.8 Å². The van der Waals surface area contributed by atoms with Gasteiger partial charge in [0.25, 0.3) is 0 Å². The average molecular weight is 146 g/mol. The molecule has 0 fully saturated rings. The van der Waals surface area contributed by atoms with Crippen LogP contribution in [0.25, 0.3) is 0 Å². The molecule has 0 unspecified atom stereocenters. The average Bonchev–Trinajstić information content (AvgIpc) is 1.77. The molecule has 0 aliphatic heterocycles. The van der Waals surface area contributed by atoms with Gasteiger partial charge in [0.1, 0.15) is 0 Å². The van der Waals surface area contributed by atoms with E-state index in [0.717, 1.165) is 4.90 Å². The van der Waals surface area contributed by atoms with E-state index in [2.05, 4.69) is 6.92 Å². The fraction of sp³-hybridized carbons (Fsp3) is 0.143. The Labute approximate surface area is 83.4 Å². The normalized spacial score (nSPS) is 8.11. The van der Waals surface area contributed by atoms with Crippen molar-refractivity contribution in [2.75, 3.05) is 0 Å². The van der Waals surface area contributed by atoms with Crippen molar-refractivity contribution < 1.29 is 29.6 Å². The van der Waals surface area contributed by atoms with E-state index >= 15 is 0 Å². The Morgan fingerprint density at radius 1 is 1.11 bits per heavy atom. The van der Waals surface area contributed by atoms with Gasteiger partial charge >= 0.3 is 29.6 Å². The molecule has 2 heteroatoms. The molecule has 0 bridgehead atoms. The number of hydrogen-bond acceptors (Lipinski definition) is 1. The number of hydrogen-bond donors (Lipinski definition) is 0. The second-order valence-electron chi connectivity index (χ2n) is 1.81. The van der Waals surface area contributed by atoms with Gasteiger partial charge in [-0.1, -0.05) is 29.8 Å². The van der Waals surface area contributed by atoms with Crippen LogP contribution in [0, 0.1) is 6.92 Å². The van der Waals surface area contributed by atoms with E-state index in [-0.39, 0.29) is 29.6 Å². The SMILES string of the molecule is Cc1ccc([S-])cc1.[Na+]. The van der Waals surface area contributed by atoms with Crippen LogP contribution in [0.2, 0.25) is 0 Å². The standard InChI is InChI=1S/C7H8S.Na/c1-6-2-4-7(8)5-3-6;/h2-5,8H,1H3;/q;+1/p-1. The second-order valence-corrected chi connectivity index (χ2v) is 2.28. The van der Waals surface area contributed by atoms with E-state index in [0.29, 0.717) is 0 Å². The Kier molecular flexibility index (Phi) is 4.50. The molecule has 1 aromatic carbocycles. The molecule has 0 heterocycles. The summed E-state index contributed by atoms with van der Waals surface area (Å²) in [7, 11) is 0. The largest absolute Gasteiger partial charge is 1.00 e. The zero-order valence-electron chi connectivity index (χ0n) is 5.72. The van der Waals surface area contributed by atoms with E-state index in [9.17, 15) is 0 Å². The number of rotatable bonds is 0. The van der Waals surface area contributed by atoms with Crippen molar-refractivity contribution in [3.63, 3.8) is 0 Å². The smallest absolute Gasteiger partial charge is 0.780 e. The van der Waals surface area contributed by atoms with Crippen molar-refractivity contribution >= 4 is 12.6 Å². The quantitative estimate of drug-likeness (QED) is 0.331. The van der Waals surface area contributed by atoms with Gasteiger partial charge in [0.15, 0.2) is 0 Å². The van der Waals surface area contributed by atoms with E-state index in [4.69, 9.17) is 12.6 Å². The number of aryl methyl sites for hydroxylation is 1. The van der Waals surface area contributed by atoms with E-state index < -0.39 is 0 Å². The van der Waals surface area contributed by atoms with Crippen LogP contribution in [0.15, 0.2) is 29.2 Å². The minimum atomic E-state index is 0. The molecule has 9 heavy (non-hydrogen) atoms. The predicted octanol–water partition coefficient (Wildman–Crippen LogP) is -1.10. The Bertz CT molecular complexity index is 148. The van der Waals surface area contributed by atoms with E-state index in [1.807, 2.05) is 24.3 Å². The van der Waals surface area contributed by atoms with Crippen LogP contribution in [0.4, 0.5) is 0 Å². The third kappa shape index (κ3) is 3.21. The summed E-state index contributed by atoms with van der Waals surface area (Å²) in [4.78, 5) is 0.913. The molecule has 1 aromatic rings. The van der Waals surface area contributed by atoms with Crippen LogP contribution >= 0.6 is 0 Å². The van der Waals surface area contributed by atoms with E-state index in [1.165, 1.54) is 5.56 Å². The van der Waals surface area contributed by atoms with Crippen LogP contribution in [-0.4, -0.2) is 0 Å². The summed E-state index contributed by atoms with van der Waals surface area (Å²) in [5.41, 5.74) is 1.26. The van der Waals surface area contributed by atoms with Crippen LogP contribution in [0.5, 0.6) is 0 Å². The summed E-state index contributed by atoms with van der Waals surface area (Å²) in [6.45, 7) is 2.05. The molecule has 0 saturated heterocycles. The molecule has 0 spiro atoms. The van der Waals surface area contributed by atoms with Crippen molar-refractivity contribution in [3.8, 4) is 0 Å². The van der Waals surface area contributed by atoms with Gasteiger partial charge in [0, 0.05) is 0 Å². The Balaban J connectivity index is 0.000000640. The molecule has 42 valence electrons. The van der Waals surface area contributed by atoms with Crippen molar-refractivity contribution in [1.82, 2.24) is 0 Å². The third-order valence-corrected chi connectivity index (χ3v) is 1.29. The predicted molar refractivity (Wildman–Crippen MR) is 36.8 cm³/mol. The van der Waals surface area contributed by atoms with Gasteiger partial charge in [0.2, 0.25) is 0 Å². The molecule has 0 atom stereocenters. The summed E-state index contributed by atoms with van der Waals surface area (Å²) in [5, 5.41) is 0. The van der Waals surface area contributed by atoms with Gasteiger partial charge < -0.3 is 12.6 Å². The fourth-order valence-electron chi connectivity index (χ4n) is 0.538. The molecule has 0 N–H and O–H groups in total. The Morgan fingerprint density at radius 3 is 1.89 bits per heavy atom. The van der Waals surface area contributed by atoms with Gasteiger partial charge in [-0.25, -0.2) is 0 Å². The first kappa shape index (κ1) is 9.44. The molecule has 0 nitrogen and oxygen atoms in total. The Hall–Kier alpha value is 0.440. The molecular formula is C7H7NaS. The molecular weight excluding hydrogens is 139 g/mol. The molecule has 0 saturated carbocycles. The minimum Gasteiger partial charge on any atom is -0.780 e. The van der Waals surface area contributed by atoms with Gasteiger partial charge in [0.05, 0.1) is 0 Å². The minimum absolute atomic E-state index is 0. The van der Waals surface area contributed by atoms with Gasteiger partial charge in [-0.05, 0) is 6.92 Å². The molecule has 0 aliphatic rings. The fourth-order valence-corrected chi connectivity index (χ4v) is 0.674. The van der Waals surface area contributed by atoms with E-state index in [1.54, 1.807) is 0 Å². The first-order valence-electron chi connectivity index (χ1n) is 2.53. The van der Waals surface area contributed by atoms with Crippen molar-refractivity contribution in [1.29, 1.82) is 0 Å². The maximum Gasteiger partial charge on any atom is 1.00 e. The van der Waals surface area contributed by atoms with Gasteiger partial charge in [-0.2, -0.15) is 4.90 Å². The summed E-state index contributed by atoms with van der Waals surface area (Å²) in [6, 6.07) is 7.90. The summed E-state index contributed by atoms with van der Waals surface area (Å²) in [6.07, 6.45) is 0.